The summed E-state index contributed by atoms with van der Waals surface area (Å²) in [5.41, 5.74) is 0.982. The molecule has 1 N–H and O–H groups in total. The van der Waals surface area contributed by atoms with Crippen LogP contribution >= 0.6 is 0 Å². The highest BCUT2D eigenvalue weighted by Crippen LogP contribution is 2.24. The molecule has 0 saturated carbocycles. The van der Waals surface area contributed by atoms with Gasteiger partial charge in [0.15, 0.2) is 0 Å². The molecule has 164 valence electrons. The van der Waals surface area contributed by atoms with Crippen LogP contribution in [0.15, 0.2) is 53.4 Å². The van der Waals surface area contributed by atoms with Crippen LogP contribution in [-0.2, 0) is 14.8 Å². The van der Waals surface area contributed by atoms with Gasteiger partial charge in [-0.2, -0.15) is 0 Å². The van der Waals surface area contributed by atoms with Crippen LogP contribution in [0.2, 0.25) is 0 Å². The van der Waals surface area contributed by atoms with Gasteiger partial charge in [-0.1, -0.05) is 26.0 Å². The lowest BCUT2D eigenvalue weighted by Gasteiger charge is -2.23. The van der Waals surface area contributed by atoms with E-state index in [0.717, 1.165) is 23.4 Å². The molecule has 2 aromatic carbocycles. The fourth-order valence-corrected chi connectivity index (χ4v) is 4.27. The first-order valence-corrected chi connectivity index (χ1v) is 11.2. The van der Waals surface area contributed by atoms with Crippen LogP contribution < -0.4 is 10.1 Å². The minimum absolute atomic E-state index is 0.0234. The van der Waals surface area contributed by atoms with Gasteiger partial charge in [-0.05, 0) is 54.3 Å². The largest absolute Gasteiger partial charge is 0.497 e. The van der Waals surface area contributed by atoms with Crippen LogP contribution in [0, 0.1) is 11.7 Å². The second kappa shape index (κ2) is 10.5. The van der Waals surface area contributed by atoms with Gasteiger partial charge in [0.25, 0.3) is 0 Å². The first-order chi connectivity index (χ1) is 14.1. The predicted molar refractivity (Wildman–Crippen MR) is 114 cm³/mol. The zero-order valence-electron chi connectivity index (χ0n) is 17.8. The molecule has 1 amide bonds. The molecule has 6 nitrogen and oxygen atoms in total. The van der Waals surface area contributed by atoms with E-state index in [1.807, 2.05) is 38.1 Å². The first-order valence-electron chi connectivity index (χ1n) is 9.80. The lowest BCUT2D eigenvalue weighted by Crippen LogP contribution is -2.33. The molecule has 0 aliphatic heterocycles. The third kappa shape index (κ3) is 6.27. The number of ether oxygens (including phenoxy) is 1. The standard InChI is InChI=1S/C22H29FN2O4S/c1-16(2)22(17-7-11-19(29-4)12-8-17)24-21(26)6-5-15-25(3)30(27,28)20-13-9-18(23)10-14-20/h7-14,16,22H,5-6,15H2,1-4H3,(H,24,26). The second-order valence-corrected chi connectivity index (χ2v) is 9.49. The number of rotatable bonds is 10. The van der Waals surface area contributed by atoms with Crippen LogP contribution in [0.4, 0.5) is 4.39 Å². The zero-order valence-corrected chi connectivity index (χ0v) is 18.6. The number of benzene rings is 2. The normalized spacial score (nSPS) is 12.8. The van der Waals surface area contributed by atoms with E-state index >= 15 is 0 Å². The number of nitrogens with one attached hydrogen (secondary N) is 1. The lowest BCUT2D eigenvalue weighted by molar-refractivity contribution is -0.122. The van der Waals surface area contributed by atoms with Gasteiger partial charge >= 0.3 is 0 Å². The van der Waals surface area contributed by atoms with Crippen molar-refractivity contribution in [2.75, 3.05) is 20.7 Å². The zero-order chi connectivity index (χ0) is 22.3. The van der Waals surface area contributed by atoms with Gasteiger partial charge in [0.2, 0.25) is 15.9 Å². The van der Waals surface area contributed by atoms with Gasteiger partial charge in [-0.15, -0.1) is 0 Å². The summed E-state index contributed by atoms with van der Waals surface area (Å²) in [4.78, 5) is 12.5. The monoisotopic (exact) mass is 436 g/mol. The Morgan fingerprint density at radius 1 is 1.10 bits per heavy atom. The average Bonchev–Trinajstić information content (AvgIpc) is 2.72. The fraction of sp³-hybridized carbons (Fsp3) is 0.409. The third-order valence-electron chi connectivity index (χ3n) is 4.86. The van der Waals surface area contributed by atoms with Gasteiger partial charge in [0, 0.05) is 20.0 Å². The summed E-state index contributed by atoms with van der Waals surface area (Å²) in [5, 5.41) is 3.03. The van der Waals surface area contributed by atoms with E-state index in [1.165, 1.54) is 23.5 Å². The van der Waals surface area contributed by atoms with Crippen LogP contribution in [0.3, 0.4) is 0 Å². The Hall–Kier alpha value is -2.45. The van der Waals surface area contributed by atoms with Crippen molar-refractivity contribution in [3.63, 3.8) is 0 Å². The number of sulfonamides is 1. The summed E-state index contributed by atoms with van der Waals surface area (Å²) in [6.45, 7) is 4.23. The first kappa shape index (κ1) is 23.8. The maximum Gasteiger partial charge on any atom is 0.242 e. The summed E-state index contributed by atoms with van der Waals surface area (Å²) in [7, 11) is -0.666. The van der Waals surface area contributed by atoms with E-state index in [0.29, 0.717) is 6.42 Å². The number of amides is 1. The number of carbonyl (C=O) groups is 1. The highest BCUT2D eigenvalue weighted by atomic mass is 32.2. The number of halogens is 1. The van der Waals surface area contributed by atoms with Crippen LogP contribution in [0.25, 0.3) is 0 Å². The van der Waals surface area contributed by atoms with Crippen molar-refractivity contribution in [3.05, 3.63) is 59.9 Å². The van der Waals surface area contributed by atoms with Crippen molar-refractivity contribution < 1.29 is 22.3 Å². The predicted octanol–water partition coefficient (Wildman–Crippen LogP) is 3.75. The molecule has 0 aliphatic carbocycles. The van der Waals surface area contributed by atoms with E-state index in [-0.39, 0.29) is 35.7 Å². The number of nitrogens with zero attached hydrogens (tertiary/aromatic N) is 1. The van der Waals surface area contributed by atoms with Crippen molar-refractivity contribution in [1.82, 2.24) is 9.62 Å². The van der Waals surface area contributed by atoms with Crippen molar-refractivity contribution in [2.24, 2.45) is 5.92 Å². The smallest absolute Gasteiger partial charge is 0.242 e. The SMILES string of the molecule is COc1ccc(C(NC(=O)CCCN(C)S(=O)(=O)c2ccc(F)cc2)C(C)C)cc1. The number of carbonyl (C=O) groups excluding carboxylic acids is 1. The van der Waals surface area contributed by atoms with E-state index in [1.54, 1.807) is 7.11 Å². The Morgan fingerprint density at radius 2 is 1.70 bits per heavy atom. The molecule has 1 unspecified atom stereocenters. The lowest BCUT2D eigenvalue weighted by atomic mass is 9.95. The van der Waals surface area contributed by atoms with Gasteiger partial charge in [0.05, 0.1) is 18.0 Å². The van der Waals surface area contributed by atoms with Gasteiger partial charge in [-0.3, -0.25) is 4.79 Å². The van der Waals surface area contributed by atoms with E-state index in [4.69, 9.17) is 4.74 Å². The van der Waals surface area contributed by atoms with Gasteiger partial charge in [0.1, 0.15) is 11.6 Å². The van der Waals surface area contributed by atoms with Crippen molar-refractivity contribution >= 4 is 15.9 Å². The molecule has 0 bridgehead atoms. The van der Waals surface area contributed by atoms with Crippen molar-refractivity contribution in [1.29, 1.82) is 0 Å². The maximum atomic E-state index is 13.0. The van der Waals surface area contributed by atoms with Crippen molar-refractivity contribution in [2.45, 2.75) is 37.6 Å². The molecule has 0 radical (unpaired) electrons. The average molecular weight is 437 g/mol. The number of methoxy groups -OCH3 is 1. The maximum absolute atomic E-state index is 13.0. The summed E-state index contributed by atoms with van der Waals surface area (Å²) >= 11 is 0. The molecule has 8 heteroatoms. The Kier molecular flexibility index (Phi) is 8.37. The number of hydrogen-bond donors (Lipinski definition) is 1. The Bertz CT molecular complexity index is 929. The Balaban J connectivity index is 1.91. The molecule has 0 heterocycles. The van der Waals surface area contributed by atoms with E-state index in [9.17, 15) is 17.6 Å². The second-order valence-electron chi connectivity index (χ2n) is 7.45. The molecular weight excluding hydrogens is 407 g/mol. The Labute approximate surface area is 178 Å². The van der Waals surface area contributed by atoms with Crippen LogP contribution in [-0.4, -0.2) is 39.3 Å². The molecule has 0 fully saturated rings. The highest BCUT2D eigenvalue weighted by molar-refractivity contribution is 7.89. The number of hydrogen-bond acceptors (Lipinski definition) is 4. The highest BCUT2D eigenvalue weighted by Gasteiger charge is 2.22. The molecule has 2 rings (SSSR count). The summed E-state index contributed by atoms with van der Waals surface area (Å²) < 4.78 is 44.4. The fourth-order valence-electron chi connectivity index (χ4n) is 3.06. The molecule has 0 saturated heterocycles. The van der Waals surface area contributed by atoms with E-state index < -0.39 is 15.8 Å². The molecule has 1 atom stereocenters. The third-order valence-corrected chi connectivity index (χ3v) is 6.73. The van der Waals surface area contributed by atoms with Gasteiger partial charge < -0.3 is 10.1 Å². The molecule has 0 aromatic heterocycles. The van der Waals surface area contributed by atoms with Crippen molar-refractivity contribution in [3.8, 4) is 5.75 Å². The summed E-state index contributed by atoms with van der Waals surface area (Å²) in [5.74, 6) is 0.295. The van der Waals surface area contributed by atoms with E-state index in [2.05, 4.69) is 5.32 Å². The Morgan fingerprint density at radius 3 is 2.23 bits per heavy atom. The minimum Gasteiger partial charge on any atom is -0.497 e. The quantitative estimate of drug-likeness (QED) is 0.616. The molecule has 2 aromatic rings. The molecule has 0 spiro atoms. The molecule has 0 aliphatic rings. The molecule has 30 heavy (non-hydrogen) atoms. The van der Waals surface area contributed by atoms with Gasteiger partial charge in [-0.25, -0.2) is 17.1 Å². The van der Waals surface area contributed by atoms with Crippen LogP contribution in [0.1, 0.15) is 38.3 Å². The topological polar surface area (TPSA) is 75.7 Å². The minimum atomic E-state index is -3.72. The van der Waals surface area contributed by atoms with Crippen LogP contribution in [0.5, 0.6) is 5.75 Å². The summed E-state index contributed by atoms with van der Waals surface area (Å²) in [6.07, 6.45) is 0.568. The summed E-state index contributed by atoms with van der Waals surface area (Å²) in [6, 6.07) is 12.1. The molecular formula is C22H29FN2O4S.